The Labute approximate surface area is 118 Å². The van der Waals surface area contributed by atoms with Crippen LogP contribution in [0.25, 0.3) is 0 Å². The maximum atomic E-state index is 11.4. The molecule has 0 aliphatic carbocycles. The Hall–Kier alpha value is -1.60. The van der Waals surface area contributed by atoms with E-state index >= 15 is 0 Å². The first kappa shape index (κ1) is 14.8. The Morgan fingerprint density at radius 3 is 2.55 bits per heavy atom. The van der Waals surface area contributed by atoms with Gasteiger partial charge in [0.25, 0.3) is 16.0 Å². The van der Waals surface area contributed by atoms with Crippen LogP contribution < -0.4 is 10.6 Å². The lowest BCUT2D eigenvalue weighted by Gasteiger charge is -2.20. The van der Waals surface area contributed by atoms with Gasteiger partial charge in [-0.3, -0.25) is 8.98 Å². The Morgan fingerprint density at radius 1 is 1.35 bits per heavy atom. The summed E-state index contributed by atoms with van der Waals surface area (Å²) in [4.78, 5) is 13.6. The van der Waals surface area contributed by atoms with Crippen molar-refractivity contribution in [2.75, 3.05) is 24.2 Å². The van der Waals surface area contributed by atoms with Crippen molar-refractivity contribution in [3.05, 3.63) is 29.8 Å². The monoisotopic (exact) mass is 298 g/mol. The van der Waals surface area contributed by atoms with E-state index < -0.39 is 22.1 Å². The summed E-state index contributed by atoms with van der Waals surface area (Å²) in [5.41, 5.74) is 6.64. The van der Waals surface area contributed by atoms with Crippen LogP contribution in [0, 0.1) is 0 Å². The van der Waals surface area contributed by atoms with Gasteiger partial charge in [0.1, 0.15) is 0 Å². The topological polar surface area (TPSA) is 89.7 Å². The first-order chi connectivity index (χ1) is 9.37. The molecule has 1 saturated heterocycles. The first-order valence-electron chi connectivity index (χ1n) is 6.39. The highest BCUT2D eigenvalue weighted by Gasteiger charge is 2.24. The van der Waals surface area contributed by atoms with Crippen molar-refractivity contribution in [3.8, 4) is 0 Å². The summed E-state index contributed by atoms with van der Waals surface area (Å²) in [5, 5.41) is 0. The zero-order valence-corrected chi connectivity index (χ0v) is 12.1. The molecule has 2 rings (SSSR count). The van der Waals surface area contributed by atoms with Crippen LogP contribution >= 0.6 is 0 Å². The molecule has 20 heavy (non-hydrogen) atoms. The van der Waals surface area contributed by atoms with Crippen molar-refractivity contribution < 1.29 is 17.4 Å². The van der Waals surface area contributed by atoms with Gasteiger partial charge in [-0.25, -0.2) is 0 Å². The van der Waals surface area contributed by atoms with Gasteiger partial charge in [0.2, 0.25) is 0 Å². The molecule has 2 N–H and O–H groups in total. The zero-order chi connectivity index (χ0) is 14.8. The van der Waals surface area contributed by atoms with E-state index in [9.17, 15) is 13.2 Å². The van der Waals surface area contributed by atoms with Crippen LogP contribution in [-0.4, -0.2) is 33.7 Å². The van der Waals surface area contributed by atoms with E-state index in [4.69, 9.17) is 9.92 Å². The minimum absolute atomic E-state index is 0.451. The first-order valence-corrected chi connectivity index (χ1v) is 8.21. The molecule has 7 heteroatoms. The van der Waals surface area contributed by atoms with Crippen LogP contribution in [0.15, 0.2) is 24.3 Å². The summed E-state index contributed by atoms with van der Waals surface area (Å²) in [7, 11) is -3.76. The molecular formula is C13H18N2O4S. The largest absolute Gasteiger partial charge is 0.372 e. The number of carbonyl (C=O) groups is 1. The van der Waals surface area contributed by atoms with E-state index in [0.717, 1.165) is 37.9 Å². The number of nitrogens with two attached hydrogens (primary N) is 1. The second kappa shape index (κ2) is 5.80. The van der Waals surface area contributed by atoms with Gasteiger partial charge in [0.05, 0.1) is 6.26 Å². The van der Waals surface area contributed by atoms with Crippen LogP contribution in [0.4, 0.5) is 5.69 Å². The van der Waals surface area contributed by atoms with Gasteiger partial charge in [-0.2, -0.15) is 8.42 Å². The third-order valence-electron chi connectivity index (χ3n) is 3.17. The molecule has 1 aliphatic rings. The fourth-order valence-corrected chi connectivity index (χ4v) is 2.86. The molecule has 0 spiro atoms. The van der Waals surface area contributed by atoms with Gasteiger partial charge in [0.15, 0.2) is 6.10 Å². The summed E-state index contributed by atoms with van der Waals surface area (Å²) >= 11 is 0. The fourth-order valence-electron chi connectivity index (χ4n) is 2.30. The average Bonchev–Trinajstić information content (AvgIpc) is 2.88. The fraction of sp³-hybridized carbons (Fsp3) is 0.462. The molecular weight excluding hydrogens is 280 g/mol. The molecule has 1 amide bonds. The van der Waals surface area contributed by atoms with Crippen molar-refractivity contribution in [2.24, 2.45) is 5.73 Å². The molecule has 0 aromatic heterocycles. The summed E-state index contributed by atoms with van der Waals surface area (Å²) in [6.45, 7) is 1.91. The number of hydrogen-bond donors (Lipinski definition) is 1. The van der Waals surface area contributed by atoms with Crippen molar-refractivity contribution in [2.45, 2.75) is 18.9 Å². The Morgan fingerprint density at radius 2 is 2.00 bits per heavy atom. The summed E-state index contributed by atoms with van der Waals surface area (Å²) in [6, 6.07) is 7.09. The Balaban J connectivity index is 2.29. The van der Waals surface area contributed by atoms with Gasteiger partial charge in [0, 0.05) is 18.8 Å². The van der Waals surface area contributed by atoms with E-state index in [1.54, 1.807) is 18.2 Å². The number of nitrogens with zero attached hydrogens (tertiary/aromatic N) is 1. The van der Waals surface area contributed by atoms with Crippen molar-refractivity contribution in [3.63, 3.8) is 0 Å². The summed E-state index contributed by atoms with van der Waals surface area (Å²) < 4.78 is 27.2. The normalized spacial score (nSPS) is 17.1. The smallest absolute Gasteiger partial charge is 0.265 e. The predicted octanol–water partition coefficient (Wildman–Crippen LogP) is 0.789. The van der Waals surface area contributed by atoms with Crippen LogP contribution in [0.2, 0.25) is 0 Å². The molecule has 110 valence electrons. The Bertz CT molecular complexity index is 594. The lowest BCUT2D eigenvalue weighted by atomic mass is 10.1. The second-order valence-electron chi connectivity index (χ2n) is 4.87. The van der Waals surface area contributed by atoms with Crippen molar-refractivity contribution in [1.29, 1.82) is 0 Å². The molecule has 6 nitrogen and oxygen atoms in total. The standard InChI is InChI=1S/C13H18N2O4S/c1-20(17,18)19-12(13(14)16)10-5-4-6-11(9-10)15-7-2-3-8-15/h4-6,9,12H,2-3,7-8H2,1H3,(H2,14,16). The lowest BCUT2D eigenvalue weighted by Crippen LogP contribution is -2.26. The summed E-state index contributed by atoms with van der Waals surface area (Å²) in [6.07, 6.45) is 1.87. The minimum Gasteiger partial charge on any atom is -0.372 e. The highest BCUT2D eigenvalue weighted by molar-refractivity contribution is 7.86. The number of benzene rings is 1. The van der Waals surface area contributed by atoms with E-state index in [1.807, 2.05) is 6.07 Å². The molecule has 1 atom stereocenters. The molecule has 1 aromatic carbocycles. The molecule has 0 bridgehead atoms. The highest BCUT2D eigenvalue weighted by Crippen LogP contribution is 2.26. The zero-order valence-electron chi connectivity index (χ0n) is 11.3. The number of carbonyl (C=O) groups excluding carboxylic acids is 1. The number of anilines is 1. The maximum absolute atomic E-state index is 11.4. The average molecular weight is 298 g/mol. The third kappa shape index (κ3) is 3.71. The SMILES string of the molecule is CS(=O)(=O)OC(C(N)=O)c1cccc(N2CCCC2)c1. The predicted molar refractivity (Wildman–Crippen MR) is 75.8 cm³/mol. The number of amides is 1. The van der Waals surface area contributed by atoms with Gasteiger partial charge < -0.3 is 10.6 Å². The molecule has 1 unspecified atom stereocenters. The van der Waals surface area contributed by atoms with Gasteiger partial charge in [-0.15, -0.1) is 0 Å². The molecule has 1 aliphatic heterocycles. The number of hydrogen-bond acceptors (Lipinski definition) is 5. The lowest BCUT2D eigenvalue weighted by molar-refractivity contribution is -0.124. The van der Waals surface area contributed by atoms with Crippen LogP contribution in [0.3, 0.4) is 0 Å². The van der Waals surface area contributed by atoms with Crippen LogP contribution in [0.5, 0.6) is 0 Å². The molecule has 0 saturated carbocycles. The number of rotatable bonds is 5. The van der Waals surface area contributed by atoms with Crippen LogP contribution in [-0.2, 0) is 19.1 Å². The molecule has 1 heterocycles. The van der Waals surface area contributed by atoms with E-state index in [1.165, 1.54) is 0 Å². The molecule has 1 aromatic rings. The van der Waals surface area contributed by atoms with Crippen LogP contribution in [0.1, 0.15) is 24.5 Å². The summed E-state index contributed by atoms with van der Waals surface area (Å²) in [5.74, 6) is -0.825. The van der Waals surface area contributed by atoms with Gasteiger partial charge in [-0.05, 0) is 30.5 Å². The number of primary amides is 1. The van der Waals surface area contributed by atoms with Gasteiger partial charge >= 0.3 is 0 Å². The van der Waals surface area contributed by atoms with Gasteiger partial charge in [-0.1, -0.05) is 12.1 Å². The quantitative estimate of drug-likeness (QED) is 0.812. The van der Waals surface area contributed by atoms with Crippen molar-refractivity contribution >= 4 is 21.7 Å². The maximum Gasteiger partial charge on any atom is 0.265 e. The second-order valence-corrected chi connectivity index (χ2v) is 6.47. The minimum atomic E-state index is -3.76. The Kier molecular flexibility index (Phi) is 4.29. The highest BCUT2D eigenvalue weighted by atomic mass is 32.2. The van der Waals surface area contributed by atoms with E-state index in [0.29, 0.717) is 5.56 Å². The van der Waals surface area contributed by atoms with E-state index in [-0.39, 0.29) is 0 Å². The molecule has 0 radical (unpaired) electrons. The van der Waals surface area contributed by atoms with Crippen molar-refractivity contribution in [1.82, 2.24) is 0 Å². The van der Waals surface area contributed by atoms with E-state index in [2.05, 4.69) is 4.90 Å². The molecule has 1 fully saturated rings. The third-order valence-corrected chi connectivity index (χ3v) is 3.72.